The molecule has 2 N–H and O–H groups in total. The van der Waals surface area contributed by atoms with Gasteiger partial charge in [-0.05, 0) is 73.0 Å². The number of halogens is 4. The number of aromatic hydroxyl groups is 1. The van der Waals surface area contributed by atoms with Gasteiger partial charge in [0.1, 0.15) is 12.4 Å². The van der Waals surface area contributed by atoms with E-state index >= 15 is 0 Å². The zero-order chi connectivity index (χ0) is 27.6. The van der Waals surface area contributed by atoms with E-state index in [0.717, 1.165) is 107 Å². The number of ether oxygens (including phenoxy) is 1. The van der Waals surface area contributed by atoms with E-state index < -0.39 is 34.5 Å². The van der Waals surface area contributed by atoms with Crippen molar-refractivity contribution in [2.45, 2.75) is 132 Å². The van der Waals surface area contributed by atoms with Crippen molar-refractivity contribution in [1.82, 2.24) is 0 Å². The minimum absolute atomic E-state index is 0.0213. The molecular formula is C28H40F4O5S. The molecule has 5 nitrogen and oxygen atoms in total. The summed E-state index contributed by atoms with van der Waals surface area (Å²) < 4.78 is 91.7. The van der Waals surface area contributed by atoms with Crippen LogP contribution in [0.4, 0.5) is 17.6 Å². The summed E-state index contributed by atoms with van der Waals surface area (Å²) in [5.41, 5.74) is 3.16. The molecule has 4 rings (SSSR count). The molecule has 1 aromatic carbocycles. The number of phenols is 1. The van der Waals surface area contributed by atoms with Gasteiger partial charge in [0.05, 0.1) is 6.61 Å². The third kappa shape index (κ3) is 6.17. The van der Waals surface area contributed by atoms with Gasteiger partial charge < -0.3 is 9.84 Å². The van der Waals surface area contributed by atoms with Gasteiger partial charge in [-0.15, -0.1) is 0 Å². The molecule has 38 heavy (non-hydrogen) atoms. The van der Waals surface area contributed by atoms with Gasteiger partial charge in [0.25, 0.3) is 0 Å². The normalized spacial score (nSPS) is 21.6. The standard InChI is InChI=1S/C28H40F4O5S/c29-27(30,28(31,32)38(34,35)36)18-37-17-24-22(19-10-4-1-5-11-19)16-23(20-12-6-2-7-13-20)26(33)25(24)21-14-8-3-9-15-21/h16,19-21,33H,1-15,17-18H2,(H,34,35,36). The van der Waals surface area contributed by atoms with Gasteiger partial charge in [-0.3, -0.25) is 4.55 Å². The Labute approximate surface area is 223 Å². The fourth-order valence-corrected chi connectivity index (χ4v) is 7.26. The Morgan fingerprint density at radius 2 is 1.21 bits per heavy atom. The summed E-state index contributed by atoms with van der Waals surface area (Å²) in [5, 5.41) is 5.98. The van der Waals surface area contributed by atoms with Crippen molar-refractivity contribution in [3.05, 3.63) is 28.3 Å². The third-order valence-electron chi connectivity index (χ3n) is 8.90. The largest absolute Gasteiger partial charge is 0.507 e. The number of rotatable bonds is 9. The summed E-state index contributed by atoms with van der Waals surface area (Å²) in [6.07, 6.45) is 15.0. The van der Waals surface area contributed by atoms with Gasteiger partial charge in [0.2, 0.25) is 0 Å². The van der Waals surface area contributed by atoms with Crippen molar-refractivity contribution in [3.8, 4) is 5.75 Å². The maximum absolute atomic E-state index is 14.2. The molecule has 0 spiro atoms. The van der Waals surface area contributed by atoms with Crippen LogP contribution in [0.2, 0.25) is 0 Å². The van der Waals surface area contributed by atoms with Crippen LogP contribution in [0.15, 0.2) is 6.07 Å². The second-order valence-corrected chi connectivity index (χ2v) is 13.0. The van der Waals surface area contributed by atoms with Crippen molar-refractivity contribution in [1.29, 1.82) is 0 Å². The zero-order valence-electron chi connectivity index (χ0n) is 21.9. The number of hydrogen-bond acceptors (Lipinski definition) is 4. The smallest absolute Gasteiger partial charge is 0.433 e. The molecule has 0 unspecified atom stereocenters. The summed E-state index contributed by atoms with van der Waals surface area (Å²) in [6, 6.07) is 2.03. The molecule has 0 saturated heterocycles. The molecular weight excluding hydrogens is 524 g/mol. The van der Waals surface area contributed by atoms with Crippen molar-refractivity contribution >= 4 is 10.1 Å². The Morgan fingerprint density at radius 1 is 0.763 bits per heavy atom. The second kappa shape index (κ2) is 12.0. The fraction of sp³-hybridized carbons (Fsp3) is 0.786. The summed E-state index contributed by atoms with van der Waals surface area (Å²) in [4.78, 5) is 0. The quantitative estimate of drug-likeness (QED) is 0.233. The highest BCUT2D eigenvalue weighted by molar-refractivity contribution is 7.87. The highest BCUT2D eigenvalue weighted by Crippen LogP contribution is 2.49. The Kier molecular flexibility index (Phi) is 9.35. The SMILES string of the molecule is O=S(=O)(O)C(F)(F)C(F)(F)COCc1c(C2CCCCC2)cc(C2CCCCC2)c(O)c1C1CCCCC1. The first-order valence-electron chi connectivity index (χ1n) is 14.1. The van der Waals surface area contributed by atoms with Crippen molar-refractivity contribution in [2.24, 2.45) is 0 Å². The van der Waals surface area contributed by atoms with Gasteiger partial charge in [-0.25, -0.2) is 0 Å². The average molecular weight is 565 g/mol. The van der Waals surface area contributed by atoms with E-state index in [9.17, 15) is 31.1 Å². The maximum atomic E-state index is 14.2. The molecule has 0 atom stereocenters. The highest BCUT2D eigenvalue weighted by Gasteiger charge is 2.65. The molecule has 3 fully saturated rings. The van der Waals surface area contributed by atoms with Gasteiger partial charge in [-0.2, -0.15) is 26.0 Å². The molecule has 216 valence electrons. The van der Waals surface area contributed by atoms with Crippen LogP contribution >= 0.6 is 0 Å². The topological polar surface area (TPSA) is 83.8 Å². The lowest BCUT2D eigenvalue weighted by Gasteiger charge is -2.34. The van der Waals surface area contributed by atoms with Gasteiger partial charge in [0.15, 0.2) is 0 Å². The summed E-state index contributed by atoms with van der Waals surface area (Å²) in [6.45, 7) is -2.31. The van der Waals surface area contributed by atoms with Crippen LogP contribution in [0, 0.1) is 0 Å². The summed E-state index contributed by atoms with van der Waals surface area (Å²) in [7, 11) is -6.33. The van der Waals surface area contributed by atoms with E-state index in [1.54, 1.807) is 0 Å². The third-order valence-corrected chi connectivity index (χ3v) is 9.84. The summed E-state index contributed by atoms with van der Waals surface area (Å²) >= 11 is 0. The molecule has 1 aromatic rings. The minimum Gasteiger partial charge on any atom is -0.507 e. The average Bonchev–Trinajstić information content (AvgIpc) is 2.89. The van der Waals surface area contributed by atoms with E-state index in [2.05, 4.69) is 0 Å². The Bertz CT molecular complexity index is 1060. The molecule has 3 saturated carbocycles. The Hall–Kier alpha value is -1.39. The van der Waals surface area contributed by atoms with Crippen LogP contribution in [0.25, 0.3) is 0 Å². The highest BCUT2D eigenvalue weighted by atomic mass is 32.2. The molecule has 0 amide bonds. The Morgan fingerprint density at radius 3 is 1.68 bits per heavy atom. The van der Waals surface area contributed by atoms with Gasteiger partial charge in [0, 0.05) is 5.56 Å². The molecule has 10 heteroatoms. The van der Waals surface area contributed by atoms with Crippen LogP contribution < -0.4 is 0 Å². The first-order chi connectivity index (χ1) is 17.9. The lowest BCUT2D eigenvalue weighted by molar-refractivity contribution is -0.193. The molecule has 0 bridgehead atoms. The number of alkyl halides is 4. The van der Waals surface area contributed by atoms with E-state index in [4.69, 9.17) is 9.29 Å². The first-order valence-corrected chi connectivity index (χ1v) is 15.6. The fourth-order valence-electron chi connectivity index (χ4n) is 6.83. The first kappa shape index (κ1) is 29.6. The lowest BCUT2D eigenvalue weighted by Crippen LogP contribution is -2.49. The number of phenolic OH excluding ortho intramolecular Hbond substituents is 1. The van der Waals surface area contributed by atoms with Crippen molar-refractivity contribution in [2.75, 3.05) is 6.61 Å². The van der Waals surface area contributed by atoms with Gasteiger partial charge >= 0.3 is 21.3 Å². The van der Waals surface area contributed by atoms with Crippen LogP contribution in [-0.4, -0.2) is 35.9 Å². The molecule has 0 aromatic heterocycles. The van der Waals surface area contributed by atoms with Crippen LogP contribution in [-0.2, 0) is 21.5 Å². The maximum Gasteiger partial charge on any atom is 0.433 e. The minimum atomic E-state index is -6.33. The van der Waals surface area contributed by atoms with Crippen LogP contribution in [0.3, 0.4) is 0 Å². The van der Waals surface area contributed by atoms with Crippen LogP contribution in [0.5, 0.6) is 5.75 Å². The number of benzene rings is 1. The van der Waals surface area contributed by atoms with E-state index in [1.165, 1.54) is 0 Å². The lowest BCUT2D eigenvalue weighted by atomic mass is 9.73. The van der Waals surface area contributed by atoms with E-state index in [0.29, 0.717) is 11.1 Å². The van der Waals surface area contributed by atoms with E-state index in [-0.39, 0.29) is 23.5 Å². The molecule has 0 heterocycles. The second-order valence-electron chi connectivity index (χ2n) is 11.5. The zero-order valence-corrected chi connectivity index (χ0v) is 22.7. The number of hydrogen-bond donors (Lipinski definition) is 2. The van der Waals surface area contributed by atoms with Crippen molar-refractivity contribution < 1.29 is 40.4 Å². The molecule has 0 radical (unpaired) electrons. The summed E-state index contributed by atoms with van der Waals surface area (Å²) in [5.74, 6) is -4.53. The predicted octanol–water partition coefficient (Wildman–Crippen LogP) is 8.17. The van der Waals surface area contributed by atoms with Gasteiger partial charge in [-0.1, -0.05) is 63.9 Å². The Balaban J connectivity index is 1.74. The molecule has 0 aliphatic heterocycles. The molecule has 3 aliphatic carbocycles. The monoisotopic (exact) mass is 564 g/mol. The molecule has 3 aliphatic rings. The van der Waals surface area contributed by atoms with Crippen molar-refractivity contribution in [3.63, 3.8) is 0 Å². The van der Waals surface area contributed by atoms with E-state index in [1.807, 2.05) is 6.07 Å². The van der Waals surface area contributed by atoms with Crippen LogP contribution in [0.1, 0.15) is 136 Å². The predicted molar refractivity (Wildman–Crippen MR) is 137 cm³/mol.